The number of hydrogen-bond acceptors (Lipinski definition) is 6. The molecule has 0 spiro atoms. The second kappa shape index (κ2) is 10.5. The van der Waals surface area contributed by atoms with Gasteiger partial charge in [-0.05, 0) is 62.1 Å². The van der Waals surface area contributed by atoms with Crippen LogP contribution in [0.25, 0.3) is 22.3 Å². The van der Waals surface area contributed by atoms with Crippen LogP contribution in [-0.2, 0) is 13.5 Å². The Morgan fingerprint density at radius 1 is 1.05 bits per heavy atom. The first-order valence-electron chi connectivity index (χ1n) is 13.0. The molecule has 0 bridgehead atoms. The number of aryl methyl sites for hydroxylation is 2. The van der Waals surface area contributed by atoms with E-state index >= 15 is 0 Å². The summed E-state index contributed by atoms with van der Waals surface area (Å²) in [6.45, 7) is 7.02. The average Bonchev–Trinajstić information content (AvgIpc) is 3.35. The van der Waals surface area contributed by atoms with Crippen molar-refractivity contribution in [2.24, 2.45) is 7.05 Å². The van der Waals surface area contributed by atoms with Gasteiger partial charge in [-0.25, -0.2) is 9.37 Å². The summed E-state index contributed by atoms with van der Waals surface area (Å²) in [7, 11) is 3.60. The van der Waals surface area contributed by atoms with E-state index < -0.39 is 5.67 Å². The molecule has 4 aromatic rings. The molecule has 2 aromatic carbocycles. The van der Waals surface area contributed by atoms with E-state index in [-0.39, 0.29) is 0 Å². The predicted molar refractivity (Wildman–Crippen MR) is 146 cm³/mol. The number of piperidine rings is 1. The lowest BCUT2D eigenvalue weighted by Gasteiger charge is -2.36. The average molecular weight is 503 g/mol. The summed E-state index contributed by atoms with van der Waals surface area (Å²) in [4.78, 5) is 14.2. The van der Waals surface area contributed by atoms with Gasteiger partial charge in [0.05, 0.1) is 36.2 Å². The first-order chi connectivity index (χ1) is 17.8. The molecule has 0 radical (unpaired) electrons. The summed E-state index contributed by atoms with van der Waals surface area (Å²) < 4.78 is 21.8. The van der Waals surface area contributed by atoms with E-state index in [4.69, 9.17) is 9.72 Å². The number of methoxy groups -OCH3 is 1. The Morgan fingerprint density at radius 2 is 1.86 bits per heavy atom. The number of alkyl halides is 1. The van der Waals surface area contributed by atoms with Crippen LogP contribution in [0.1, 0.15) is 32.3 Å². The van der Waals surface area contributed by atoms with Crippen LogP contribution in [0.3, 0.4) is 0 Å². The Labute approximate surface area is 217 Å². The Morgan fingerprint density at radius 3 is 2.57 bits per heavy atom. The number of benzene rings is 2. The lowest BCUT2D eigenvalue weighted by molar-refractivity contribution is 0.0758. The second-order valence-electron chi connectivity index (χ2n) is 10.1. The number of aromatic nitrogens is 4. The standard InChI is InChI=1S/C29H35FN6O/c1-5-21-14-24(16-25(15-21)37-4)36(13-12-35-10-8-29(2,30)9-11-35)23-6-7-26-27(17-23)33-28(19-31-26)22-18-32-34(3)20-22/h6-7,14-20H,5,8-13H2,1-4H3. The Balaban J connectivity index is 1.50. The Hall–Kier alpha value is -3.52. The van der Waals surface area contributed by atoms with Crippen LogP contribution in [0.4, 0.5) is 15.8 Å². The predicted octanol–water partition coefficient (Wildman–Crippen LogP) is 5.56. The van der Waals surface area contributed by atoms with Crippen molar-refractivity contribution in [1.82, 2.24) is 24.6 Å². The minimum absolute atomic E-state index is 0.578. The molecular weight excluding hydrogens is 467 g/mol. The number of hydrogen-bond donors (Lipinski definition) is 0. The van der Waals surface area contributed by atoms with Crippen LogP contribution in [0.15, 0.2) is 55.0 Å². The Bertz CT molecular complexity index is 1350. The molecule has 0 saturated carbocycles. The fraction of sp³-hybridized carbons (Fsp3) is 0.414. The molecule has 1 saturated heterocycles. The van der Waals surface area contributed by atoms with Crippen LogP contribution >= 0.6 is 0 Å². The number of anilines is 2. The van der Waals surface area contributed by atoms with Gasteiger partial charge in [0.25, 0.3) is 0 Å². The maximum atomic E-state index is 14.4. The fourth-order valence-electron chi connectivity index (χ4n) is 4.87. The molecule has 37 heavy (non-hydrogen) atoms. The second-order valence-corrected chi connectivity index (χ2v) is 10.1. The van der Waals surface area contributed by atoms with Gasteiger partial charge >= 0.3 is 0 Å². The minimum Gasteiger partial charge on any atom is -0.497 e. The maximum Gasteiger partial charge on any atom is 0.121 e. The largest absolute Gasteiger partial charge is 0.497 e. The smallest absolute Gasteiger partial charge is 0.121 e. The van der Waals surface area contributed by atoms with Gasteiger partial charge in [0, 0.05) is 62.4 Å². The van der Waals surface area contributed by atoms with Crippen LogP contribution < -0.4 is 9.64 Å². The molecule has 1 fully saturated rings. The van der Waals surface area contributed by atoms with Crippen molar-refractivity contribution in [2.75, 3.05) is 38.2 Å². The van der Waals surface area contributed by atoms with Crippen molar-refractivity contribution in [3.05, 3.63) is 60.6 Å². The third-order valence-corrected chi connectivity index (χ3v) is 7.28. The molecular formula is C29H35FN6O. The number of rotatable bonds is 8. The summed E-state index contributed by atoms with van der Waals surface area (Å²) in [6, 6.07) is 12.6. The molecule has 0 unspecified atom stereocenters. The normalized spacial score (nSPS) is 15.7. The lowest BCUT2D eigenvalue weighted by Crippen LogP contribution is -2.43. The molecule has 7 nitrogen and oxygen atoms in total. The molecule has 0 aliphatic carbocycles. The van der Waals surface area contributed by atoms with Gasteiger partial charge in [-0.1, -0.05) is 6.92 Å². The molecule has 0 N–H and O–H groups in total. The highest BCUT2D eigenvalue weighted by Gasteiger charge is 2.29. The van der Waals surface area contributed by atoms with E-state index in [0.29, 0.717) is 12.8 Å². The summed E-state index contributed by atoms with van der Waals surface area (Å²) in [5.74, 6) is 0.838. The van der Waals surface area contributed by atoms with Gasteiger partial charge in [-0.3, -0.25) is 9.67 Å². The number of likely N-dealkylation sites (tertiary alicyclic amines) is 1. The lowest BCUT2D eigenvalue weighted by atomic mass is 9.96. The number of halogens is 1. The van der Waals surface area contributed by atoms with Gasteiger partial charge < -0.3 is 14.5 Å². The molecule has 1 aliphatic rings. The monoisotopic (exact) mass is 502 g/mol. The van der Waals surface area contributed by atoms with Crippen LogP contribution in [0, 0.1) is 0 Å². The summed E-state index contributed by atoms with van der Waals surface area (Å²) in [6.07, 6.45) is 7.60. The van der Waals surface area contributed by atoms with Crippen molar-refractivity contribution in [3.63, 3.8) is 0 Å². The molecule has 5 rings (SSSR count). The highest BCUT2D eigenvalue weighted by molar-refractivity contribution is 5.82. The van der Waals surface area contributed by atoms with Crippen molar-refractivity contribution in [3.8, 4) is 17.0 Å². The minimum atomic E-state index is -1.05. The number of ether oxygens (including phenoxy) is 1. The van der Waals surface area contributed by atoms with Gasteiger partial charge in [0.1, 0.15) is 11.4 Å². The van der Waals surface area contributed by atoms with Gasteiger partial charge in [-0.2, -0.15) is 5.10 Å². The highest BCUT2D eigenvalue weighted by Crippen LogP contribution is 2.33. The van der Waals surface area contributed by atoms with Crippen LogP contribution in [0.5, 0.6) is 5.75 Å². The third kappa shape index (κ3) is 5.74. The summed E-state index contributed by atoms with van der Waals surface area (Å²) in [5.41, 5.74) is 5.66. The molecule has 194 valence electrons. The number of nitrogens with zero attached hydrogens (tertiary/aromatic N) is 6. The van der Waals surface area contributed by atoms with E-state index in [1.165, 1.54) is 5.56 Å². The molecule has 3 heterocycles. The van der Waals surface area contributed by atoms with Crippen molar-refractivity contribution in [2.45, 2.75) is 38.8 Å². The molecule has 2 aromatic heterocycles. The van der Waals surface area contributed by atoms with Crippen molar-refractivity contribution < 1.29 is 9.13 Å². The van der Waals surface area contributed by atoms with Crippen molar-refractivity contribution >= 4 is 22.4 Å². The first kappa shape index (κ1) is 25.1. The first-order valence-corrected chi connectivity index (χ1v) is 13.0. The SMILES string of the molecule is CCc1cc(OC)cc(N(CCN2CCC(C)(F)CC2)c2ccc3ncc(-c4cnn(C)c4)nc3c2)c1. The maximum absolute atomic E-state index is 14.4. The van der Waals surface area contributed by atoms with Gasteiger partial charge in [-0.15, -0.1) is 0 Å². The molecule has 1 aliphatic heterocycles. The van der Waals surface area contributed by atoms with E-state index in [1.807, 2.05) is 19.3 Å². The highest BCUT2D eigenvalue weighted by atomic mass is 19.1. The summed E-state index contributed by atoms with van der Waals surface area (Å²) >= 11 is 0. The molecule has 0 amide bonds. The van der Waals surface area contributed by atoms with Gasteiger partial charge in [0.15, 0.2) is 0 Å². The number of fused-ring (bicyclic) bond motifs is 1. The quantitative estimate of drug-likeness (QED) is 0.314. The van der Waals surface area contributed by atoms with E-state index in [1.54, 1.807) is 31.1 Å². The zero-order valence-electron chi connectivity index (χ0n) is 22.1. The van der Waals surface area contributed by atoms with E-state index in [9.17, 15) is 4.39 Å². The van der Waals surface area contributed by atoms with Crippen LogP contribution in [0.2, 0.25) is 0 Å². The zero-order chi connectivity index (χ0) is 26.0. The molecule has 0 atom stereocenters. The van der Waals surface area contributed by atoms with Gasteiger partial charge in [0.2, 0.25) is 0 Å². The zero-order valence-corrected chi connectivity index (χ0v) is 22.1. The third-order valence-electron chi connectivity index (χ3n) is 7.28. The van der Waals surface area contributed by atoms with E-state index in [0.717, 1.165) is 72.0 Å². The van der Waals surface area contributed by atoms with Crippen LogP contribution in [-0.4, -0.2) is 63.6 Å². The Kier molecular flexibility index (Phi) is 7.11. The van der Waals surface area contributed by atoms with Crippen molar-refractivity contribution in [1.29, 1.82) is 0 Å². The fourth-order valence-corrected chi connectivity index (χ4v) is 4.87. The summed E-state index contributed by atoms with van der Waals surface area (Å²) in [5, 5.41) is 4.27. The topological polar surface area (TPSA) is 59.3 Å². The van der Waals surface area contributed by atoms with E-state index in [2.05, 4.69) is 57.1 Å². The molecule has 8 heteroatoms.